The molecule has 6 nitrogen and oxygen atoms in total. The van der Waals surface area contributed by atoms with Gasteiger partial charge in [-0.05, 0) is 4.92 Å². The molecule has 12 heteroatoms. The second kappa shape index (κ2) is 4.44. The normalized spacial score (nSPS) is 12.3. The third-order valence-electron chi connectivity index (χ3n) is 1.69. The number of H-pyrrole nitrogens is 1. The lowest BCUT2D eigenvalue weighted by Gasteiger charge is -2.13. The maximum absolute atomic E-state index is 12.4. The van der Waals surface area contributed by atoms with Crippen molar-refractivity contribution in [2.24, 2.45) is 0 Å². The molecule has 0 aliphatic carbocycles. The first-order chi connectivity index (χ1) is 8.42. The topological polar surface area (TPSA) is 85.2 Å². The van der Waals surface area contributed by atoms with Gasteiger partial charge < -0.3 is 14.9 Å². The number of ether oxygens (including phenoxy) is 1. The van der Waals surface area contributed by atoms with Crippen LogP contribution in [0.15, 0.2) is 10.9 Å². The van der Waals surface area contributed by atoms with Gasteiger partial charge in [-0.15, -0.1) is 13.2 Å². The molecule has 1 aromatic heterocycles. The minimum Gasteiger partial charge on any atom is -0.397 e. The van der Waals surface area contributed by atoms with Crippen LogP contribution >= 0.6 is 0 Å². The lowest BCUT2D eigenvalue weighted by atomic mass is 10.2. The van der Waals surface area contributed by atoms with Gasteiger partial charge in [0.15, 0.2) is 0 Å². The van der Waals surface area contributed by atoms with E-state index >= 15 is 0 Å². The Labute approximate surface area is 98.3 Å². The molecule has 1 rings (SSSR count). The molecular weight excluding hydrogens is 290 g/mol. The number of aromatic nitrogens is 1. The van der Waals surface area contributed by atoms with Crippen LogP contribution in [0.3, 0.4) is 0 Å². The number of aromatic amines is 1. The molecule has 0 aliphatic rings. The number of alkyl halides is 6. The summed E-state index contributed by atoms with van der Waals surface area (Å²) in [4.78, 5) is 21.1. The SMILES string of the molecule is O=c1[nH]c([N+](=O)[O-])cc(C(F)(F)F)c1OC(F)(F)F. The van der Waals surface area contributed by atoms with Crippen molar-refractivity contribution in [2.45, 2.75) is 12.5 Å². The van der Waals surface area contributed by atoms with E-state index in [2.05, 4.69) is 4.74 Å². The number of rotatable bonds is 2. The fourth-order valence-corrected chi connectivity index (χ4v) is 1.06. The molecule has 0 amide bonds. The molecule has 0 spiro atoms. The highest BCUT2D eigenvalue weighted by Gasteiger charge is 2.43. The van der Waals surface area contributed by atoms with Crippen LogP contribution in [0, 0.1) is 10.1 Å². The van der Waals surface area contributed by atoms with Crippen LogP contribution in [0.2, 0.25) is 0 Å². The second-order valence-electron chi connectivity index (χ2n) is 3.03. The summed E-state index contributed by atoms with van der Waals surface area (Å²) in [5.41, 5.74) is -4.21. The Hall–Kier alpha value is -2.27. The standard InChI is InChI=1S/C7H2F6N2O4/c8-6(9,10)2-1-3(15(17)18)14-5(16)4(2)19-7(11,12)13/h1H,(H,14,16). The Balaban J connectivity index is 3.54. The minimum absolute atomic E-state index is 0.261. The zero-order chi connectivity index (χ0) is 15.0. The molecule has 0 bridgehead atoms. The first-order valence-corrected chi connectivity index (χ1v) is 4.16. The van der Waals surface area contributed by atoms with Crippen LogP contribution < -0.4 is 10.3 Å². The number of halogens is 6. The number of hydrogen-bond donors (Lipinski definition) is 1. The van der Waals surface area contributed by atoms with Gasteiger partial charge in [-0.1, -0.05) is 0 Å². The van der Waals surface area contributed by atoms with Gasteiger partial charge in [0, 0.05) is 6.07 Å². The van der Waals surface area contributed by atoms with Crippen molar-refractivity contribution in [3.05, 3.63) is 32.1 Å². The predicted octanol–water partition coefficient (Wildman–Crippen LogP) is 2.20. The van der Waals surface area contributed by atoms with E-state index in [1.54, 1.807) is 0 Å². The van der Waals surface area contributed by atoms with Crippen LogP contribution in [-0.2, 0) is 6.18 Å². The number of nitrogens with one attached hydrogen (secondary N) is 1. The zero-order valence-corrected chi connectivity index (χ0v) is 8.43. The molecule has 0 aromatic carbocycles. The van der Waals surface area contributed by atoms with E-state index in [-0.39, 0.29) is 6.07 Å². The Morgan fingerprint density at radius 3 is 2.11 bits per heavy atom. The van der Waals surface area contributed by atoms with Gasteiger partial charge in [-0.25, -0.2) is 9.78 Å². The fourth-order valence-electron chi connectivity index (χ4n) is 1.06. The molecule has 0 fully saturated rings. The molecule has 0 saturated heterocycles. The van der Waals surface area contributed by atoms with Crippen molar-refractivity contribution in [3.63, 3.8) is 0 Å². The number of pyridine rings is 1. The third kappa shape index (κ3) is 3.59. The summed E-state index contributed by atoms with van der Waals surface area (Å²) in [6.07, 6.45) is -11.0. The van der Waals surface area contributed by atoms with Gasteiger partial charge in [-0.3, -0.25) is 0 Å². The van der Waals surface area contributed by atoms with Crippen LogP contribution in [0.25, 0.3) is 0 Å². The van der Waals surface area contributed by atoms with Crippen LogP contribution in [-0.4, -0.2) is 16.3 Å². The summed E-state index contributed by atoms with van der Waals surface area (Å²) in [7, 11) is 0. The zero-order valence-electron chi connectivity index (χ0n) is 8.43. The average Bonchev–Trinajstić information content (AvgIpc) is 2.16. The summed E-state index contributed by atoms with van der Waals surface area (Å²) >= 11 is 0. The first-order valence-electron chi connectivity index (χ1n) is 4.16. The maximum atomic E-state index is 12.4. The van der Waals surface area contributed by atoms with E-state index < -0.39 is 40.2 Å². The molecule has 0 atom stereocenters. The Morgan fingerprint density at radius 1 is 1.21 bits per heavy atom. The van der Waals surface area contributed by atoms with Crippen molar-refractivity contribution >= 4 is 5.82 Å². The van der Waals surface area contributed by atoms with Gasteiger partial charge in [0.25, 0.3) is 0 Å². The smallest absolute Gasteiger partial charge is 0.397 e. The molecule has 19 heavy (non-hydrogen) atoms. The first kappa shape index (κ1) is 14.8. The summed E-state index contributed by atoms with van der Waals surface area (Å²) in [6, 6.07) is -0.261. The van der Waals surface area contributed by atoms with E-state index in [0.717, 1.165) is 0 Å². The highest BCUT2D eigenvalue weighted by Crippen LogP contribution is 2.37. The van der Waals surface area contributed by atoms with Crippen molar-refractivity contribution in [3.8, 4) is 5.75 Å². The molecule has 0 radical (unpaired) electrons. The minimum atomic E-state index is -5.55. The second-order valence-corrected chi connectivity index (χ2v) is 3.03. The largest absolute Gasteiger partial charge is 0.573 e. The van der Waals surface area contributed by atoms with E-state index in [1.165, 1.54) is 4.98 Å². The highest BCUT2D eigenvalue weighted by atomic mass is 19.4. The number of nitro groups is 1. The number of nitrogens with zero attached hydrogens (tertiary/aromatic N) is 1. The van der Waals surface area contributed by atoms with Gasteiger partial charge >= 0.3 is 23.9 Å². The predicted molar refractivity (Wildman–Crippen MR) is 45.4 cm³/mol. The fraction of sp³-hybridized carbons (Fsp3) is 0.286. The molecule has 0 unspecified atom stereocenters. The van der Waals surface area contributed by atoms with Crippen molar-refractivity contribution < 1.29 is 36.0 Å². The van der Waals surface area contributed by atoms with E-state index in [0.29, 0.717) is 0 Å². The molecule has 106 valence electrons. The molecule has 1 heterocycles. The van der Waals surface area contributed by atoms with E-state index in [1.807, 2.05) is 0 Å². The number of hydrogen-bond acceptors (Lipinski definition) is 4. The summed E-state index contributed by atoms with van der Waals surface area (Å²) in [5.74, 6) is -3.52. The van der Waals surface area contributed by atoms with Crippen molar-refractivity contribution in [1.29, 1.82) is 0 Å². The third-order valence-corrected chi connectivity index (χ3v) is 1.69. The van der Waals surface area contributed by atoms with E-state index in [4.69, 9.17) is 0 Å². The monoisotopic (exact) mass is 292 g/mol. The van der Waals surface area contributed by atoms with Gasteiger partial charge in [0.05, 0.1) is 0 Å². The highest BCUT2D eigenvalue weighted by molar-refractivity contribution is 5.39. The molecular formula is C7H2F6N2O4. The Kier molecular flexibility index (Phi) is 3.45. The van der Waals surface area contributed by atoms with E-state index in [9.17, 15) is 41.3 Å². The van der Waals surface area contributed by atoms with Crippen molar-refractivity contribution in [1.82, 2.24) is 4.98 Å². The maximum Gasteiger partial charge on any atom is 0.573 e. The van der Waals surface area contributed by atoms with Gasteiger partial charge in [-0.2, -0.15) is 13.2 Å². The van der Waals surface area contributed by atoms with Crippen LogP contribution in [0.4, 0.5) is 32.2 Å². The average molecular weight is 292 g/mol. The molecule has 0 aliphatic heterocycles. The van der Waals surface area contributed by atoms with Crippen LogP contribution in [0.1, 0.15) is 5.56 Å². The summed E-state index contributed by atoms with van der Waals surface area (Å²) in [5, 5.41) is 10.2. The van der Waals surface area contributed by atoms with Crippen LogP contribution in [0.5, 0.6) is 5.75 Å². The molecule has 1 N–H and O–H groups in total. The van der Waals surface area contributed by atoms with Gasteiger partial charge in [0.1, 0.15) is 5.56 Å². The lowest BCUT2D eigenvalue weighted by Crippen LogP contribution is -2.26. The Bertz CT molecular complexity index is 560. The summed E-state index contributed by atoms with van der Waals surface area (Å²) in [6.45, 7) is 0. The molecule has 1 aromatic rings. The summed E-state index contributed by atoms with van der Waals surface area (Å²) < 4.78 is 75.8. The lowest BCUT2D eigenvalue weighted by molar-refractivity contribution is -0.390. The Morgan fingerprint density at radius 2 is 1.74 bits per heavy atom. The molecule has 0 saturated carbocycles. The van der Waals surface area contributed by atoms with Gasteiger partial charge in [0.2, 0.25) is 5.75 Å². The van der Waals surface area contributed by atoms with Crippen molar-refractivity contribution in [2.75, 3.05) is 0 Å². The quantitative estimate of drug-likeness (QED) is 0.514.